The molecule has 2 aromatic rings. The molecule has 5 nitrogen and oxygen atoms in total. The molecule has 144 valence electrons. The van der Waals surface area contributed by atoms with Crippen LogP contribution in [0.4, 0.5) is 4.39 Å². The third-order valence-corrected chi connectivity index (χ3v) is 5.59. The fourth-order valence-electron chi connectivity index (χ4n) is 3.13. The summed E-state index contributed by atoms with van der Waals surface area (Å²) in [5, 5.41) is 2.59. The summed E-state index contributed by atoms with van der Waals surface area (Å²) in [6.45, 7) is 4.33. The molecule has 0 radical (unpaired) electrons. The Hall–Kier alpha value is -2.28. The normalized spacial score (nSPS) is 18.1. The van der Waals surface area contributed by atoms with E-state index in [9.17, 15) is 14.0 Å². The van der Waals surface area contributed by atoms with Crippen LogP contribution >= 0.6 is 11.8 Å². The molecule has 27 heavy (non-hydrogen) atoms. The van der Waals surface area contributed by atoms with Crippen molar-refractivity contribution in [2.45, 2.75) is 38.2 Å². The van der Waals surface area contributed by atoms with Gasteiger partial charge in [0.15, 0.2) is 0 Å². The van der Waals surface area contributed by atoms with Gasteiger partial charge in [-0.05, 0) is 42.2 Å². The summed E-state index contributed by atoms with van der Waals surface area (Å²) in [5.41, 5.74) is 0.803. The molecule has 1 aliphatic heterocycles. The van der Waals surface area contributed by atoms with E-state index in [4.69, 9.17) is 4.42 Å². The van der Waals surface area contributed by atoms with Gasteiger partial charge in [-0.2, -0.15) is 0 Å². The van der Waals surface area contributed by atoms with Gasteiger partial charge >= 0.3 is 0 Å². The minimum absolute atomic E-state index is 0.0658. The molecule has 1 aliphatic rings. The van der Waals surface area contributed by atoms with E-state index in [0.717, 1.165) is 5.56 Å². The number of halogens is 1. The minimum Gasteiger partial charge on any atom is -0.466 e. The highest BCUT2D eigenvalue weighted by Crippen LogP contribution is 2.41. The van der Waals surface area contributed by atoms with Gasteiger partial charge in [0.2, 0.25) is 11.8 Å². The minimum atomic E-state index is -0.581. The third-order valence-electron chi connectivity index (χ3n) is 4.40. The molecule has 7 heteroatoms. The topological polar surface area (TPSA) is 62.6 Å². The van der Waals surface area contributed by atoms with E-state index in [-0.39, 0.29) is 35.5 Å². The summed E-state index contributed by atoms with van der Waals surface area (Å²) in [6.07, 6.45) is 2.13. The summed E-state index contributed by atoms with van der Waals surface area (Å²) < 4.78 is 18.5. The van der Waals surface area contributed by atoms with Crippen LogP contribution < -0.4 is 5.32 Å². The second kappa shape index (κ2) is 8.61. The van der Waals surface area contributed by atoms with Crippen LogP contribution in [0.25, 0.3) is 0 Å². The predicted octanol–water partition coefficient (Wildman–Crippen LogP) is 3.72. The SMILES string of the molecule is CC(C)C[C@H](C(=O)NCc1ccc(F)cc1)N1C(=O)CS[C@H]1c1ccco1. The molecule has 0 bridgehead atoms. The van der Waals surface area contributed by atoms with E-state index >= 15 is 0 Å². The molecule has 0 aliphatic carbocycles. The van der Waals surface area contributed by atoms with Crippen LogP contribution in [0.2, 0.25) is 0 Å². The molecule has 0 spiro atoms. The fourth-order valence-corrected chi connectivity index (χ4v) is 4.30. The van der Waals surface area contributed by atoms with Crippen molar-refractivity contribution in [3.05, 3.63) is 59.8 Å². The van der Waals surface area contributed by atoms with Crippen LogP contribution in [0.1, 0.15) is 37.0 Å². The van der Waals surface area contributed by atoms with Crippen molar-refractivity contribution < 1.29 is 18.4 Å². The first-order valence-corrected chi connectivity index (χ1v) is 9.99. The van der Waals surface area contributed by atoms with Gasteiger partial charge < -0.3 is 14.6 Å². The zero-order valence-electron chi connectivity index (χ0n) is 15.4. The summed E-state index contributed by atoms with van der Waals surface area (Å²) >= 11 is 1.47. The van der Waals surface area contributed by atoms with Crippen molar-refractivity contribution in [1.29, 1.82) is 0 Å². The van der Waals surface area contributed by atoms with E-state index < -0.39 is 6.04 Å². The Morgan fingerprint density at radius 3 is 2.70 bits per heavy atom. The molecule has 1 aromatic carbocycles. The molecule has 1 N–H and O–H groups in total. The van der Waals surface area contributed by atoms with E-state index in [1.807, 2.05) is 19.9 Å². The average Bonchev–Trinajstić information content (AvgIpc) is 3.28. The second-order valence-electron chi connectivity index (χ2n) is 6.97. The lowest BCUT2D eigenvalue weighted by Crippen LogP contribution is -2.49. The zero-order chi connectivity index (χ0) is 19.4. The first kappa shape index (κ1) is 19.5. The summed E-state index contributed by atoms with van der Waals surface area (Å²) in [5.74, 6) is 0.645. The van der Waals surface area contributed by atoms with Gasteiger partial charge in [-0.3, -0.25) is 9.59 Å². The van der Waals surface area contributed by atoms with E-state index in [1.165, 1.54) is 23.9 Å². The number of nitrogens with one attached hydrogen (secondary N) is 1. The van der Waals surface area contributed by atoms with Crippen molar-refractivity contribution in [2.24, 2.45) is 5.92 Å². The number of carbonyl (C=O) groups is 2. The number of hydrogen-bond donors (Lipinski definition) is 1. The molecule has 2 atom stereocenters. The number of carbonyl (C=O) groups excluding carboxylic acids is 2. The number of benzene rings is 1. The van der Waals surface area contributed by atoms with Gasteiger partial charge in [0, 0.05) is 6.54 Å². The van der Waals surface area contributed by atoms with Gasteiger partial charge in [0.05, 0.1) is 12.0 Å². The maximum absolute atomic E-state index is 13.0. The lowest BCUT2D eigenvalue weighted by atomic mass is 10.0. The van der Waals surface area contributed by atoms with Gasteiger partial charge in [-0.1, -0.05) is 26.0 Å². The van der Waals surface area contributed by atoms with Crippen molar-refractivity contribution in [1.82, 2.24) is 10.2 Å². The molecule has 2 heterocycles. The van der Waals surface area contributed by atoms with Crippen molar-refractivity contribution >= 4 is 23.6 Å². The Kier molecular flexibility index (Phi) is 6.21. The lowest BCUT2D eigenvalue weighted by molar-refractivity contribution is -0.139. The smallest absolute Gasteiger partial charge is 0.243 e. The van der Waals surface area contributed by atoms with Gasteiger partial charge in [-0.15, -0.1) is 11.8 Å². The fraction of sp³-hybridized carbons (Fsp3) is 0.400. The first-order chi connectivity index (χ1) is 13.0. The summed E-state index contributed by atoms with van der Waals surface area (Å²) in [4.78, 5) is 27.2. The number of thioether (sulfide) groups is 1. The highest BCUT2D eigenvalue weighted by Gasteiger charge is 2.42. The Bertz CT molecular complexity index is 777. The van der Waals surface area contributed by atoms with Crippen LogP contribution in [0.15, 0.2) is 47.1 Å². The first-order valence-electron chi connectivity index (χ1n) is 8.94. The van der Waals surface area contributed by atoms with Crippen molar-refractivity contribution in [3.63, 3.8) is 0 Å². The van der Waals surface area contributed by atoms with Gasteiger partial charge in [0.25, 0.3) is 0 Å². The predicted molar refractivity (Wildman–Crippen MR) is 102 cm³/mol. The zero-order valence-corrected chi connectivity index (χ0v) is 16.2. The molecule has 2 amide bonds. The summed E-state index contributed by atoms with van der Waals surface area (Å²) in [6, 6.07) is 9.02. The highest BCUT2D eigenvalue weighted by molar-refractivity contribution is 8.00. The molecule has 3 rings (SSSR count). The number of amides is 2. The number of nitrogens with zero attached hydrogens (tertiary/aromatic N) is 1. The Morgan fingerprint density at radius 1 is 1.33 bits per heavy atom. The maximum atomic E-state index is 13.0. The Morgan fingerprint density at radius 2 is 2.07 bits per heavy atom. The number of rotatable bonds is 7. The summed E-state index contributed by atoms with van der Waals surface area (Å²) in [7, 11) is 0. The molecular formula is C20H23FN2O3S. The van der Waals surface area contributed by atoms with Gasteiger partial charge in [-0.25, -0.2) is 4.39 Å². The second-order valence-corrected chi connectivity index (χ2v) is 8.04. The molecule has 1 saturated heterocycles. The average molecular weight is 390 g/mol. The highest BCUT2D eigenvalue weighted by atomic mass is 32.2. The monoisotopic (exact) mass is 390 g/mol. The van der Waals surface area contributed by atoms with Crippen LogP contribution in [0, 0.1) is 11.7 Å². The maximum Gasteiger partial charge on any atom is 0.243 e. The number of furan rings is 1. The van der Waals surface area contributed by atoms with E-state index in [2.05, 4.69) is 5.32 Å². The molecule has 0 saturated carbocycles. The van der Waals surface area contributed by atoms with Crippen molar-refractivity contribution in [2.75, 3.05) is 5.75 Å². The van der Waals surface area contributed by atoms with E-state index in [1.54, 1.807) is 29.4 Å². The van der Waals surface area contributed by atoms with E-state index in [0.29, 0.717) is 17.9 Å². The molecule has 0 unspecified atom stereocenters. The van der Waals surface area contributed by atoms with Crippen LogP contribution in [0.3, 0.4) is 0 Å². The molecule has 1 fully saturated rings. The largest absolute Gasteiger partial charge is 0.466 e. The van der Waals surface area contributed by atoms with Crippen LogP contribution in [-0.2, 0) is 16.1 Å². The van der Waals surface area contributed by atoms with Crippen LogP contribution in [-0.4, -0.2) is 28.5 Å². The Labute approximate surface area is 162 Å². The quantitative estimate of drug-likeness (QED) is 0.783. The van der Waals surface area contributed by atoms with Crippen molar-refractivity contribution in [3.8, 4) is 0 Å². The van der Waals surface area contributed by atoms with Gasteiger partial charge in [0.1, 0.15) is 23.0 Å². The Balaban J connectivity index is 1.76. The third kappa shape index (κ3) is 4.71. The van der Waals surface area contributed by atoms with Crippen LogP contribution in [0.5, 0.6) is 0 Å². The standard InChI is InChI=1S/C20H23FN2O3S/c1-13(2)10-16(19(25)22-11-14-5-7-15(21)8-6-14)23-18(24)12-27-20(23)17-4-3-9-26-17/h3-9,13,16,20H,10-12H2,1-2H3,(H,22,25)/t16-,20+/m1/s1. The number of hydrogen-bond acceptors (Lipinski definition) is 4. The molecular weight excluding hydrogens is 367 g/mol. The molecule has 1 aromatic heterocycles. The lowest BCUT2D eigenvalue weighted by Gasteiger charge is -2.32.